The smallest absolute Gasteiger partial charge is 0.338 e. The van der Waals surface area contributed by atoms with Gasteiger partial charge in [-0.15, -0.1) is 0 Å². The van der Waals surface area contributed by atoms with Crippen LogP contribution in [0.1, 0.15) is 22.8 Å². The Morgan fingerprint density at radius 2 is 1.82 bits per heavy atom. The predicted molar refractivity (Wildman–Crippen MR) is 63.9 cm³/mol. The van der Waals surface area contributed by atoms with E-state index in [0.29, 0.717) is 18.8 Å². The number of carbonyl (C=O) groups excluding carboxylic acids is 1. The number of rotatable bonds is 6. The molecule has 0 saturated carbocycles. The maximum atomic E-state index is 11.7. The monoisotopic (exact) mass is 238 g/mol. The minimum absolute atomic E-state index is 0.244. The zero-order valence-electron chi connectivity index (χ0n) is 10.4. The number of ether oxygens (including phenoxy) is 3. The molecule has 0 aromatic heterocycles. The summed E-state index contributed by atoms with van der Waals surface area (Å²) in [6, 6.07) is 7.16. The van der Waals surface area contributed by atoms with Crippen LogP contribution in [0, 0.1) is 0 Å². The number of esters is 1. The molecule has 17 heavy (non-hydrogen) atoms. The molecule has 0 saturated heterocycles. The van der Waals surface area contributed by atoms with E-state index in [1.54, 1.807) is 33.3 Å². The molecule has 0 aliphatic heterocycles. The molecule has 1 aromatic rings. The fourth-order valence-electron chi connectivity index (χ4n) is 1.42. The third-order valence-corrected chi connectivity index (χ3v) is 2.21. The first-order valence-corrected chi connectivity index (χ1v) is 5.45. The summed E-state index contributed by atoms with van der Waals surface area (Å²) >= 11 is 0. The Hall–Kier alpha value is -1.39. The van der Waals surface area contributed by atoms with E-state index in [1.165, 1.54) is 0 Å². The topological polar surface area (TPSA) is 44.8 Å². The van der Waals surface area contributed by atoms with Gasteiger partial charge in [0.05, 0.1) is 18.8 Å². The number of hydrogen-bond donors (Lipinski definition) is 0. The standard InChI is InChI=1S/C13H18O4/c1-10(8-15-2)17-13(14)12-6-4-11(5-7-12)9-16-3/h4-7,10H,8-9H2,1-3H3/t10-/m0/s1. The van der Waals surface area contributed by atoms with E-state index in [-0.39, 0.29) is 12.1 Å². The van der Waals surface area contributed by atoms with Crippen LogP contribution in [0.3, 0.4) is 0 Å². The summed E-state index contributed by atoms with van der Waals surface area (Å²) in [7, 11) is 3.21. The number of benzene rings is 1. The van der Waals surface area contributed by atoms with Crippen molar-refractivity contribution >= 4 is 5.97 Å². The van der Waals surface area contributed by atoms with Crippen LogP contribution in [-0.2, 0) is 20.8 Å². The fraction of sp³-hybridized carbons (Fsp3) is 0.462. The SMILES string of the molecule is COCc1ccc(C(=O)O[C@@H](C)COC)cc1. The maximum absolute atomic E-state index is 11.7. The second kappa shape index (κ2) is 7.04. The van der Waals surface area contributed by atoms with Crippen LogP contribution >= 0.6 is 0 Å². The minimum atomic E-state index is -0.335. The van der Waals surface area contributed by atoms with Crippen molar-refractivity contribution in [2.24, 2.45) is 0 Å². The van der Waals surface area contributed by atoms with Gasteiger partial charge in [0, 0.05) is 14.2 Å². The lowest BCUT2D eigenvalue weighted by Gasteiger charge is -2.12. The van der Waals surface area contributed by atoms with Gasteiger partial charge in [-0.05, 0) is 24.6 Å². The van der Waals surface area contributed by atoms with E-state index in [9.17, 15) is 4.79 Å². The highest BCUT2D eigenvalue weighted by atomic mass is 16.6. The second-order valence-electron chi connectivity index (χ2n) is 3.80. The predicted octanol–water partition coefficient (Wildman–Crippen LogP) is 2.02. The molecule has 0 radical (unpaired) electrons. The molecule has 0 heterocycles. The van der Waals surface area contributed by atoms with E-state index < -0.39 is 0 Å². The van der Waals surface area contributed by atoms with Gasteiger partial charge >= 0.3 is 5.97 Å². The van der Waals surface area contributed by atoms with Crippen LogP contribution in [0.2, 0.25) is 0 Å². The molecule has 4 heteroatoms. The van der Waals surface area contributed by atoms with Crippen LogP contribution in [0.15, 0.2) is 24.3 Å². The number of carbonyl (C=O) groups is 1. The van der Waals surface area contributed by atoms with Crippen LogP contribution in [0.4, 0.5) is 0 Å². The molecule has 0 spiro atoms. The van der Waals surface area contributed by atoms with Gasteiger partial charge in [-0.2, -0.15) is 0 Å². The Bertz CT molecular complexity index is 345. The Balaban J connectivity index is 2.57. The highest BCUT2D eigenvalue weighted by molar-refractivity contribution is 5.89. The molecule has 94 valence electrons. The van der Waals surface area contributed by atoms with Crippen LogP contribution in [-0.4, -0.2) is 32.9 Å². The van der Waals surface area contributed by atoms with E-state index in [0.717, 1.165) is 5.56 Å². The molecule has 0 N–H and O–H groups in total. The lowest BCUT2D eigenvalue weighted by atomic mass is 10.1. The van der Waals surface area contributed by atoms with Gasteiger partial charge in [-0.1, -0.05) is 12.1 Å². The van der Waals surface area contributed by atoms with Crippen molar-refractivity contribution in [2.75, 3.05) is 20.8 Å². The highest BCUT2D eigenvalue weighted by Crippen LogP contribution is 2.08. The average molecular weight is 238 g/mol. The Labute approximate surface area is 101 Å². The summed E-state index contributed by atoms with van der Waals surface area (Å²) in [4.78, 5) is 11.7. The van der Waals surface area contributed by atoms with Gasteiger partial charge in [-0.25, -0.2) is 4.79 Å². The highest BCUT2D eigenvalue weighted by Gasteiger charge is 2.11. The summed E-state index contributed by atoms with van der Waals surface area (Å²) < 4.78 is 15.1. The molecular weight excluding hydrogens is 220 g/mol. The first-order chi connectivity index (χ1) is 8.17. The zero-order valence-corrected chi connectivity index (χ0v) is 10.4. The molecule has 4 nitrogen and oxygen atoms in total. The Morgan fingerprint density at radius 3 is 2.35 bits per heavy atom. The van der Waals surface area contributed by atoms with Crippen molar-refractivity contribution in [3.63, 3.8) is 0 Å². The molecule has 0 aliphatic carbocycles. The average Bonchev–Trinajstić information content (AvgIpc) is 2.30. The van der Waals surface area contributed by atoms with Crippen LogP contribution < -0.4 is 0 Å². The molecule has 1 aromatic carbocycles. The fourth-order valence-corrected chi connectivity index (χ4v) is 1.42. The maximum Gasteiger partial charge on any atom is 0.338 e. The van der Waals surface area contributed by atoms with Gasteiger partial charge in [-0.3, -0.25) is 0 Å². The third-order valence-electron chi connectivity index (χ3n) is 2.21. The second-order valence-corrected chi connectivity index (χ2v) is 3.80. The lowest BCUT2D eigenvalue weighted by molar-refractivity contribution is 0.0120. The van der Waals surface area contributed by atoms with Gasteiger partial charge in [0.1, 0.15) is 6.10 Å². The molecule has 0 fully saturated rings. The van der Waals surface area contributed by atoms with E-state index >= 15 is 0 Å². The quantitative estimate of drug-likeness (QED) is 0.711. The van der Waals surface area contributed by atoms with Crippen molar-refractivity contribution in [2.45, 2.75) is 19.6 Å². The molecule has 1 rings (SSSR count). The van der Waals surface area contributed by atoms with E-state index in [2.05, 4.69) is 0 Å². The zero-order chi connectivity index (χ0) is 12.7. The Kier molecular flexibility index (Phi) is 5.66. The first-order valence-electron chi connectivity index (χ1n) is 5.45. The Morgan fingerprint density at radius 1 is 1.18 bits per heavy atom. The van der Waals surface area contributed by atoms with Crippen molar-refractivity contribution in [1.29, 1.82) is 0 Å². The summed E-state index contributed by atoms with van der Waals surface area (Å²) in [5.74, 6) is -0.335. The minimum Gasteiger partial charge on any atom is -0.457 e. The molecule has 0 amide bonds. The van der Waals surface area contributed by atoms with Crippen molar-refractivity contribution in [3.8, 4) is 0 Å². The third kappa shape index (κ3) is 4.54. The lowest BCUT2D eigenvalue weighted by Crippen LogP contribution is -2.19. The summed E-state index contributed by atoms with van der Waals surface area (Å²) in [5, 5.41) is 0. The van der Waals surface area contributed by atoms with Gasteiger partial charge in [0.25, 0.3) is 0 Å². The largest absolute Gasteiger partial charge is 0.457 e. The summed E-state index contributed by atoms with van der Waals surface area (Å²) in [5.41, 5.74) is 1.56. The first kappa shape index (κ1) is 13.7. The molecule has 0 bridgehead atoms. The number of hydrogen-bond acceptors (Lipinski definition) is 4. The van der Waals surface area contributed by atoms with Gasteiger partial charge in [0.2, 0.25) is 0 Å². The van der Waals surface area contributed by atoms with Crippen LogP contribution in [0.5, 0.6) is 0 Å². The molecule has 1 atom stereocenters. The molecular formula is C13H18O4. The molecule has 0 aliphatic rings. The van der Waals surface area contributed by atoms with E-state index in [4.69, 9.17) is 14.2 Å². The van der Waals surface area contributed by atoms with Gasteiger partial charge in [0.15, 0.2) is 0 Å². The summed E-state index contributed by atoms with van der Waals surface area (Å²) in [6.07, 6.45) is -0.244. The number of methoxy groups -OCH3 is 2. The van der Waals surface area contributed by atoms with Gasteiger partial charge < -0.3 is 14.2 Å². The van der Waals surface area contributed by atoms with Crippen molar-refractivity contribution < 1.29 is 19.0 Å². The molecule has 0 unspecified atom stereocenters. The summed E-state index contributed by atoms with van der Waals surface area (Å²) in [6.45, 7) is 2.73. The normalized spacial score (nSPS) is 12.2. The van der Waals surface area contributed by atoms with E-state index in [1.807, 2.05) is 12.1 Å². The van der Waals surface area contributed by atoms with Crippen LogP contribution in [0.25, 0.3) is 0 Å². The van der Waals surface area contributed by atoms with Crippen molar-refractivity contribution in [1.82, 2.24) is 0 Å². The van der Waals surface area contributed by atoms with Crippen molar-refractivity contribution in [3.05, 3.63) is 35.4 Å².